The summed E-state index contributed by atoms with van der Waals surface area (Å²) in [5.41, 5.74) is 8.42. The van der Waals surface area contributed by atoms with Crippen molar-refractivity contribution >= 4 is 32.7 Å². The van der Waals surface area contributed by atoms with E-state index in [-0.39, 0.29) is 6.61 Å². The van der Waals surface area contributed by atoms with Gasteiger partial charge < -0.3 is 9.31 Å². The highest BCUT2D eigenvalue weighted by Gasteiger charge is 2.23. The van der Waals surface area contributed by atoms with Crippen LogP contribution in [0, 0.1) is 0 Å². The third-order valence-electron chi connectivity index (χ3n) is 2.64. The zero-order chi connectivity index (χ0) is 22.2. The van der Waals surface area contributed by atoms with Gasteiger partial charge in [-0.25, -0.2) is 9.68 Å². The SMILES string of the molecule is C=C(C)C(=O)O[Si](C)(C)Cl.CC=C=C[Si](C)(C)COOC(=C=CC)CCOO. The minimum Gasteiger partial charge on any atom is -0.502 e. The standard InChI is InChI=1S/C13H22O4Si.C6H11ClO2Si/c1-5-7-11-18(3,4)12-16-17-13(8-6-2)9-10-15-14;1-5(2)6(8)9-10(3,4)7/h5-6,11,14H,9-10,12H2,1-4H3;1H2,2-4H3. The predicted molar refractivity (Wildman–Crippen MR) is 118 cm³/mol. The number of hydrogen-bond acceptors (Lipinski definition) is 6. The molecule has 28 heavy (non-hydrogen) atoms. The first kappa shape index (κ1) is 28.9. The van der Waals surface area contributed by atoms with Crippen molar-refractivity contribution < 1.29 is 29.1 Å². The van der Waals surface area contributed by atoms with Gasteiger partial charge in [0.15, 0.2) is 5.76 Å². The Kier molecular flexibility index (Phi) is 16.0. The quantitative estimate of drug-likeness (QED) is 0.0912. The summed E-state index contributed by atoms with van der Waals surface area (Å²) in [7, 11) is -3.81. The third kappa shape index (κ3) is 19.4. The smallest absolute Gasteiger partial charge is 0.345 e. The second kappa shape index (κ2) is 15.6. The molecule has 0 amide bonds. The molecular weight excluding hydrogens is 416 g/mol. The van der Waals surface area contributed by atoms with Crippen LogP contribution in [0.3, 0.4) is 0 Å². The molecule has 6 nitrogen and oxygen atoms in total. The van der Waals surface area contributed by atoms with E-state index in [1.54, 1.807) is 26.1 Å². The molecular formula is C19H33ClO6Si2. The fraction of sp³-hybridized carbons (Fsp3) is 0.526. The maximum Gasteiger partial charge on any atom is 0.345 e. The molecule has 0 rings (SSSR count). The minimum atomic E-state index is -2.22. The van der Waals surface area contributed by atoms with Crippen molar-refractivity contribution in [3.8, 4) is 0 Å². The Hall–Kier alpha value is -1.35. The second-order valence-corrected chi connectivity index (χ2v) is 17.1. The first-order valence-corrected chi connectivity index (χ1v) is 16.0. The predicted octanol–water partition coefficient (Wildman–Crippen LogP) is 5.44. The first-order valence-electron chi connectivity index (χ1n) is 8.80. The summed E-state index contributed by atoms with van der Waals surface area (Å²) < 4.78 is 4.86. The van der Waals surface area contributed by atoms with Gasteiger partial charge in [0.05, 0.1) is 12.8 Å². The highest BCUT2D eigenvalue weighted by molar-refractivity contribution is 7.15. The molecule has 0 saturated heterocycles. The lowest BCUT2D eigenvalue weighted by atomic mass is 10.4. The lowest BCUT2D eigenvalue weighted by Gasteiger charge is -2.15. The Balaban J connectivity index is 0. The Bertz CT molecular complexity index is 610. The van der Waals surface area contributed by atoms with Crippen molar-refractivity contribution in [3.05, 3.63) is 47.2 Å². The van der Waals surface area contributed by atoms with Crippen molar-refractivity contribution in [2.45, 2.75) is 53.4 Å². The van der Waals surface area contributed by atoms with Gasteiger partial charge in [0, 0.05) is 12.0 Å². The summed E-state index contributed by atoms with van der Waals surface area (Å²) >= 11 is 5.73. The van der Waals surface area contributed by atoms with E-state index in [1.807, 2.05) is 19.9 Å². The number of halogens is 1. The van der Waals surface area contributed by atoms with E-state index in [4.69, 9.17) is 30.5 Å². The molecule has 0 saturated carbocycles. The molecule has 0 aliphatic carbocycles. The number of rotatable bonds is 10. The van der Waals surface area contributed by atoms with Crippen molar-refractivity contribution in [3.63, 3.8) is 0 Å². The molecule has 0 aliphatic heterocycles. The van der Waals surface area contributed by atoms with Crippen LogP contribution in [0.1, 0.15) is 27.2 Å². The fourth-order valence-corrected chi connectivity index (χ4v) is 3.24. The molecule has 0 aromatic carbocycles. The molecule has 160 valence electrons. The number of allylic oxidation sites excluding steroid dienone is 1. The van der Waals surface area contributed by atoms with Crippen LogP contribution >= 0.6 is 11.1 Å². The zero-order valence-corrected chi connectivity index (χ0v) is 20.7. The topological polar surface area (TPSA) is 74.2 Å². The molecule has 0 radical (unpaired) electrons. The molecule has 0 bridgehead atoms. The zero-order valence-electron chi connectivity index (χ0n) is 17.9. The molecule has 0 unspecified atom stereocenters. The van der Waals surface area contributed by atoms with Crippen molar-refractivity contribution in [2.75, 3.05) is 12.8 Å². The van der Waals surface area contributed by atoms with Crippen LogP contribution in [0.2, 0.25) is 26.2 Å². The van der Waals surface area contributed by atoms with E-state index in [0.29, 0.717) is 24.0 Å². The lowest BCUT2D eigenvalue weighted by Crippen LogP contribution is -2.30. The van der Waals surface area contributed by atoms with Crippen LogP contribution in [0.4, 0.5) is 0 Å². The van der Waals surface area contributed by atoms with Crippen LogP contribution in [0.5, 0.6) is 0 Å². The van der Waals surface area contributed by atoms with E-state index < -0.39 is 21.7 Å². The van der Waals surface area contributed by atoms with Gasteiger partial charge in [-0.3, -0.25) is 5.26 Å². The number of carbonyl (C=O) groups excluding carboxylic acids is 1. The number of hydrogen-bond donors (Lipinski definition) is 1. The highest BCUT2D eigenvalue weighted by Crippen LogP contribution is 2.11. The average Bonchev–Trinajstić information content (AvgIpc) is 2.57. The molecule has 0 spiro atoms. The molecule has 1 N–H and O–H groups in total. The molecule has 0 atom stereocenters. The van der Waals surface area contributed by atoms with E-state index in [9.17, 15) is 4.79 Å². The maximum absolute atomic E-state index is 10.8. The van der Waals surface area contributed by atoms with E-state index in [0.717, 1.165) is 0 Å². The fourth-order valence-electron chi connectivity index (χ4n) is 1.35. The molecule has 0 aromatic rings. The highest BCUT2D eigenvalue weighted by atomic mass is 35.6. The summed E-state index contributed by atoms with van der Waals surface area (Å²) in [5, 5.41) is 8.28. The van der Waals surface area contributed by atoms with Gasteiger partial charge in [0.25, 0.3) is 0 Å². The van der Waals surface area contributed by atoms with Crippen LogP contribution in [-0.4, -0.2) is 39.8 Å². The second-order valence-electron chi connectivity index (χ2n) is 6.91. The molecule has 0 aliphatic rings. The normalized spacial score (nSPS) is 10.3. The summed E-state index contributed by atoms with van der Waals surface area (Å²) in [6.07, 6.45) is 4.54. The van der Waals surface area contributed by atoms with Crippen molar-refractivity contribution in [1.29, 1.82) is 0 Å². The van der Waals surface area contributed by atoms with Crippen LogP contribution in [-0.2, 0) is 23.9 Å². The van der Waals surface area contributed by atoms with Gasteiger partial charge in [-0.15, -0.1) is 16.8 Å². The van der Waals surface area contributed by atoms with Crippen LogP contribution < -0.4 is 0 Å². The van der Waals surface area contributed by atoms with E-state index >= 15 is 0 Å². The average molecular weight is 449 g/mol. The van der Waals surface area contributed by atoms with Crippen LogP contribution in [0.15, 0.2) is 47.2 Å². The van der Waals surface area contributed by atoms with Gasteiger partial charge in [-0.2, -0.15) is 4.89 Å². The van der Waals surface area contributed by atoms with Gasteiger partial charge in [-0.05, 0) is 46.0 Å². The van der Waals surface area contributed by atoms with Gasteiger partial charge >= 0.3 is 13.6 Å². The summed E-state index contributed by atoms with van der Waals surface area (Å²) in [6.45, 7) is 16.7. The van der Waals surface area contributed by atoms with Gasteiger partial charge in [-0.1, -0.05) is 31.1 Å². The molecule has 9 heteroatoms. The Labute approximate surface area is 175 Å². The molecule has 0 aromatic heterocycles. The molecule has 0 fully saturated rings. The van der Waals surface area contributed by atoms with Crippen molar-refractivity contribution in [1.82, 2.24) is 0 Å². The third-order valence-corrected chi connectivity index (χ3v) is 5.35. The summed E-state index contributed by atoms with van der Waals surface area (Å²) in [6, 6.07) is 0. The first-order chi connectivity index (χ1) is 12.9. The lowest BCUT2D eigenvalue weighted by molar-refractivity contribution is -0.264. The number of carbonyl (C=O) groups is 1. The van der Waals surface area contributed by atoms with Crippen LogP contribution in [0.25, 0.3) is 0 Å². The monoisotopic (exact) mass is 448 g/mol. The minimum absolute atomic E-state index is 0.152. The van der Waals surface area contributed by atoms with Crippen molar-refractivity contribution in [2.24, 2.45) is 0 Å². The Morgan fingerprint density at radius 2 is 1.82 bits per heavy atom. The largest absolute Gasteiger partial charge is 0.502 e. The summed E-state index contributed by atoms with van der Waals surface area (Å²) in [4.78, 5) is 25.2. The Morgan fingerprint density at radius 1 is 1.21 bits per heavy atom. The molecule has 0 heterocycles. The Morgan fingerprint density at radius 3 is 2.21 bits per heavy atom. The van der Waals surface area contributed by atoms with Gasteiger partial charge in [0.1, 0.15) is 8.07 Å². The van der Waals surface area contributed by atoms with E-state index in [1.165, 1.54) is 0 Å². The van der Waals surface area contributed by atoms with E-state index in [2.05, 4.69) is 41.7 Å². The maximum atomic E-state index is 10.8. The summed E-state index contributed by atoms with van der Waals surface area (Å²) in [5.74, 6) is 0.109. The van der Waals surface area contributed by atoms with Gasteiger partial charge in [0.2, 0.25) is 0 Å².